The topological polar surface area (TPSA) is 55.1 Å². The van der Waals surface area contributed by atoms with Crippen molar-refractivity contribution >= 4 is 17.7 Å². The molecule has 0 aliphatic rings. The summed E-state index contributed by atoms with van der Waals surface area (Å²) in [7, 11) is 0. The minimum Gasteiger partial charge on any atom is -0.350 e. The van der Waals surface area contributed by atoms with Crippen LogP contribution in [0.1, 0.15) is 37.0 Å². The first-order chi connectivity index (χ1) is 9.69. The van der Waals surface area contributed by atoms with Crippen LogP contribution in [0.15, 0.2) is 29.2 Å². The summed E-state index contributed by atoms with van der Waals surface area (Å²) in [6.45, 7) is 4.22. The lowest BCUT2D eigenvalue weighted by Crippen LogP contribution is -2.49. The Morgan fingerprint density at radius 2 is 1.71 bits per heavy atom. The zero-order valence-electron chi connectivity index (χ0n) is 12.0. The van der Waals surface area contributed by atoms with Crippen molar-refractivity contribution in [2.45, 2.75) is 42.6 Å². The van der Waals surface area contributed by atoms with Gasteiger partial charge in [-0.3, -0.25) is 4.79 Å². The number of alkyl halides is 3. The molecule has 1 aromatic carbocycles. The Morgan fingerprint density at radius 1 is 1.19 bits per heavy atom. The molecule has 1 amide bonds. The summed E-state index contributed by atoms with van der Waals surface area (Å²) in [5, 5.41) is 2.72. The number of hydrogen-bond donors (Lipinski definition) is 2. The maximum absolute atomic E-state index is 12.2. The second kappa shape index (κ2) is 7.17. The Bertz CT molecular complexity index is 470. The van der Waals surface area contributed by atoms with Crippen LogP contribution < -0.4 is 11.1 Å². The van der Waals surface area contributed by atoms with Crippen molar-refractivity contribution in [3.8, 4) is 0 Å². The van der Waals surface area contributed by atoms with Crippen LogP contribution in [0.5, 0.6) is 0 Å². The molecule has 0 spiro atoms. The maximum atomic E-state index is 12.2. The van der Waals surface area contributed by atoms with Gasteiger partial charge in [0.05, 0.1) is 0 Å². The summed E-state index contributed by atoms with van der Waals surface area (Å²) in [5.74, 6) is -0.338. The zero-order chi connectivity index (χ0) is 16.1. The molecule has 0 aliphatic carbocycles. The maximum Gasteiger partial charge on any atom is 0.446 e. The van der Waals surface area contributed by atoms with Crippen molar-refractivity contribution in [1.29, 1.82) is 0 Å². The SMILES string of the molecule is CCC(N)(CC)CNC(=O)c1ccc(SC(F)(F)F)cc1. The molecule has 3 N–H and O–H groups in total. The molecular formula is C14H19F3N2OS. The molecule has 0 unspecified atom stereocenters. The summed E-state index contributed by atoms with van der Waals surface area (Å²) in [6.07, 6.45) is 1.45. The fourth-order valence-electron chi connectivity index (χ4n) is 1.67. The zero-order valence-corrected chi connectivity index (χ0v) is 12.8. The van der Waals surface area contributed by atoms with Crippen molar-refractivity contribution in [2.24, 2.45) is 5.73 Å². The molecule has 0 bridgehead atoms. The molecule has 1 rings (SSSR count). The number of hydrogen-bond acceptors (Lipinski definition) is 3. The fraction of sp³-hybridized carbons (Fsp3) is 0.500. The molecule has 0 atom stereocenters. The second-order valence-corrected chi connectivity index (χ2v) is 5.96. The molecule has 3 nitrogen and oxygen atoms in total. The summed E-state index contributed by atoms with van der Waals surface area (Å²) in [5.41, 5.74) is 1.60. The van der Waals surface area contributed by atoms with Crippen LogP contribution in [0.25, 0.3) is 0 Å². The monoisotopic (exact) mass is 320 g/mol. The molecule has 118 valence electrons. The van der Waals surface area contributed by atoms with E-state index in [4.69, 9.17) is 5.73 Å². The van der Waals surface area contributed by atoms with Gasteiger partial charge in [0, 0.05) is 22.5 Å². The Labute approximate surface area is 126 Å². The molecule has 0 saturated heterocycles. The average molecular weight is 320 g/mol. The van der Waals surface area contributed by atoms with E-state index in [1.54, 1.807) is 0 Å². The molecule has 1 aromatic rings. The number of amides is 1. The number of carbonyl (C=O) groups excluding carboxylic acids is 1. The van der Waals surface area contributed by atoms with Crippen LogP contribution in [-0.4, -0.2) is 23.5 Å². The molecule has 21 heavy (non-hydrogen) atoms. The third-order valence-electron chi connectivity index (χ3n) is 3.36. The normalized spacial score (nSPS) is 12.3. The average Bonchev–Trinajstić information content (AvgIpc) is 2.43. The van der Waals surface area contributed by atoms with Gasteiger partial charge in [0.25, 0.3) is 5.91 Å². The second-order valence-electron chi connectivity index (χ2n) is 4.82. The van der Waals surface area contributed by atoms with Gasteiger partial charge in [-0.2, -0.15) is 13.2 Å². The highest BCUT2D eigenvalue weighted by Crippen LogP contribution is 2.36. The number of nitrogens with one attached hydrogen (secondary N) is 1. The van der Waals surface area contributed by atoms with E-state index in [-0.39, 0.29) is 22.6 Å². The van der Waals surface area contributed by atoms with Crippen LogP contribution in [0, 0.1) is 0 Å². The van der Waals surface area contributed by atoms with E-state index in [9.17, 15) is 18.0 Å². The Morgan fingerprint density at radius 3 is 2.14 bits per heavy atom. The summed E-state index contributed by atoms with van der Waals surface area (Å²) in [6, 6.07) is 5.31. The van der Waals surface area contributed by atoms with Gasteiger partial charge in [-0.25, -0.2) is 0 Å². The number of rotatable bonds is 6. The smallest absolute Gasteiger partial charge is 0.350 e. The van der Waals surface area contributed by atoms with Crippen LogP contribution >= 0.6 is 11.8 Å². The van der Waals surface area contributed by atoms with E-state index >= 15 is 0 Å². The first-order valence-electron chi connectivity index (χ1n) is 6.62. The summed E-state index contributed by atoms with van der Waals surface area (Å²) in [4.78, 5) is 12.0. The Kier molecular flexibility index (Phi) is 6.10. The Balaban J connectivity index is 2.63. The van der Waals surface area contributed by atoms with Gasteiger partial charge in [-0.15, -0.1) is 0 Å². The van der Waals surface area contributed by atoms with Crippen molar-refractivity contribution < 1.29 is 18.0 Å². The lowest BCUT2D eigenvalue weighted by Gasteiger charge is -2.26. The molecule has 0 saturated carbocycles. The number of carbonyl (C=O) groups is 1. The van der Waals surface area contributed by atoms with Gasteiger partial charge in [0.1, 0.15) is 0 Å². The molecule has 0 heterocycles. The third kappa shape index (κ3) is 5.97. The van der Waals surface area contributed by atoms with Crippen LogP contribution in [0.3, 0.4) is 0 Å². The minimum absolute atomic E-state index is 0.0503. The van der Waals surface area contributed by atoms with Crippen molar-refractivity contribution in [1.82, 2.24) is 5.32 Å². The number of benzene rings is 1. The lowest BCUT2D eigenvalue weighted by atomic mass is 9.94. The first kappa shape index (κ1) is 17.8. The highest BCUT2D eigenvalue weighted by molar-refractivity contribution is 8.00. The highest BCUT2D eigenvalue weighted by atomic mass is 32.2. The predicted molar refractivity (Wildman–Crippen MR) is 78.2 cm³/mol. The molecule has 0 aliphatic heterocycles. The van der Waals surface area contributed by atoms with Gasteiger partial charge in [-0.05, 0) is 48.9 Å². The first-order valence-corrected chi connectivity index (χ1v) is 7.43. The highest BCUT2D eigenvalue weighted by Gasteiger charge is 2.29. The predicted octanol–water partition coefficient (Wildman–Crippen LogP) is 3.55. The van der Waals surface area contributed by atoms with E-state index < -0.39 is 11.0 Å². The van der Waals surface area contributed by atoms with Crippen molar-refractivity contribution in [2.75, 3.05) is 6.54 Å². The number of thioether (sulfide) groups is 1. The van der Waals surface area contributed by atoms with Crippen molar-refractivity contribution in [3.05, 3.63) is 29.8 Å². The standard InChI is InChI=1S/C14H19F3N2OS/c1-3-13(18,4-2)9-19-12(20)10-5-7-11(8-6-10)21-14(15,16)17/h5-8H,3-4,9,18H2,1-2H3,(H,19,20). The summed E-state index contributed by atoms with van der Waals surface area (Å²) >= 11 is -0.206. The van der Waals surface area contributed by atoms with Crippen LogP contribution in [0.4, 0.5) is 13.2 Å². The largest absolute Gasteiger partial charge is 0.446 e. The third-order valence-corrected chi connectivity index (χ3v) is 4.10. The van der Waals surface area contributed by atoms with E-state index in [1.807, 2.05) is 13.8 Å². The number of nitrogens with two attached hydrogens (primary N) is 1. The lowest BCUT2D eigenvalue weighted by molar-refractivity contribution is -0.0328. The van der Waals surface area contributed by atoms with E-state index in [0.29, 0.717) is 12.1 Å². The van der Waals surface area contributed by atoms with Gasteiger partial charge >= 0.3 is 5.51 Å². The van der Waals surface area contributed by atoms with E-state index in [2.05, 4.69) is 5.32 Å². The van der Waals surface area contributed by atoms with Crippen LogP contribution in [0.2, 0.25) is 0 Å². The van der Waals surface area contributed by atoms with Gasteiger partial charge in [0.2, 0.25) is 0 Å². The molecule has 0 fully saturated rings. The molecule has 0 radical (unpaired) electrons. The summed E-state index contributed by atoms with van der Waals surface area (Å²) < 4.78 is 36.6. The molecule has 0 aromatic heterocycles. The molecular weight excluding hydrogens is 301 g/mol. The molecule has 7 heteroatoms. The minimum atomic E-state index is -4.33. The van der Waals surface area contributed by atoms with E-state index in [1.165, 1.54) is 24.3 Å². The Hall–Kier alpha value is -1.21. The quantitative estimate of drug-likeness (QED) is 0.788. The van der Waals surface area contributed by atoms with Gasteiger partial charge < -0.3 is 11.1 Å². The van der Waals surface area contributed by atoms with Crippen LogP contribution in [-0.2, 0) is 0 Å². The van der Waals surface area contributed by atoms with E-state index in [0.717, 1.165) is 12.8 Å². The fourth-order valence-corrected chi connectivity index (χ4v) is 2.21. The van der Waals surface area contributed by atoms with Crippen molar-refractivity contribution in [3.63, 3.8) is 0 Å². The number of halogens is 3. The van der Waals surface area contributed by atoms with Gasteiger partial charge in [0.15, 0.2) is 0 Å². The van der Waals surface area contributed by atoms with Gasteiger partial charge in [-0.1, -0.05) is 13.8 Å².